The summed E-state index contributed by atoms with van der Waals surface area (Å²) in [5.41, 5.74) is 5.73. The van der Waals surface area contributed by atoms with Crippen LogP contribution in [0.1, 0.15) is 31.1 Å². The number of hydrogen-bond acceptors (Lipinski definition) is 5. The molecule has 5 nitrogen and oxygen atoms in total. The summed E-state index contributed by atoms with van der Waals surface area (Å²) < 4.78 is 1.74. The van der Waals surface area contributed by atoms with Gasteiger partial charge in [0.25, 0.3) is 0 Å². The summed E-state index contributed by atoms with van der Waals surface area (Å²) in [7, 11) is 0. The molecule has 1 atom stereocenters. The zero-order chi connectivity index (χ0) is 10.3. The monoisotopic (exact) mass is 211 g/mol. The zero-order valence-corrected chi connectivity index (χ0v) is 9.30. The van der Waals surface area contributed by atoms with Crippen molar-refractivity contribution in [3.05, 3.63) is 10.8 Å². The molecule has 2 aromatic rings. The predicted octanol–water partition coefficient (Wildman–Crippen LogP) is 1.08. The van der Waals surface area contributed by atoms with Gasteiger partial charge in [-0.05, 0) is 20.3 Å². The Morgan fingerprint density at radius 3 is 2.79 bits per heavy atom. The molecule has 0 spiro atoms. The minimum atomic E-state index is -0.363. The molecule has 0 radical (unpaired) electrons. The van der Waals surface area contributed by atoms with Crippen molar-refractivity contribution in [2.24, 2.45) is 5.73 Å². The van der Waals surface area contributed by atoms with Crippen LogP contribution in [0.4, 0.5) is 0 Å². The minimum absolute atomic E-state index is 0.363. The average molecular weight is 211 g/mol. The summed E-state index contributed by atoms with van der Waals surface area (Å²) >= 11 is 1.50. The Morgan fingerprint density at radius 2 is 2.21 bits per heavy atom. The first-order valence-corrected chi connectivity index (χ1v) is 5.34. The Balaban J connectivity index is 2.55. The fraction of sp³-hybridized carbons (Fsp3) is 0.625. The summed E-state index contributed by atoms with van der Waals surface area (Å²) in [6.45, 7) is 5.91. The van der Waals surface area contributed by atoms with Gasteiger partial charge in [-0.25, -0.2) is 0 Å². The first kappa shape index (κ1) is 9.54. The smallest absolute Gasteiger partial charge is 0.234 e. The molecule has 76 valence electrons. The molecule has 0 aromatic carbocycles. The second-order valence-electron chi connectivity index (χ2n) is 3.62. The number of aromatic nitrogens is 4. The maximum absolute atomic E-state index is 6.10. The van der Waals surface area contributed by atoms with Crippen LogP contribution < -0.4 is 5.73 Å². The summed E-state index contributed by atoms with van der Waals surface area (Å²) in [6.07, 6.45) is 0.857. The zero-order valence-electron chi connectivity index (χ0n) is 8.48. The molecule has 0 aliphatic carbocycles. The van der Waals surface area contributed by atoms with Gasteiger partial charge in [0.1, 0.15) is 5.01 Å². The summed E-state index contributed by atoms with van der Waals surface area (Å²) in [4.78, 5) is 0.808. The van der Waals surface area contributed by atoms with E-state index in [4.69, 9.17) is 5.73 Å². The van der Waals surface area contributed by atoms with Crippen LogP contribution >= 0.6 is 11.3 Å². The van der Waals surface area contributed by atoms with Gasteiger partial charge in [-0.2, -0.15) is 9.61 Å². The summed E-state index contributed by atoms with van der Waals surface area (Å²) in [5, 5.41) is 13.2. The van der Waals surface area contributed by atoms with Crippen LogP contribution in [0.2, 0.25) is 0 Å². The molecule has 1 unspecified atom stereocenters. The van der Waals surface area contributed by atoms with E-state index in [1.807, 2.05) is 13.8 Å². The molecule has 0 fully saturated rings. The third kappa shape index (κ3) is 1.31. The standard InChI is InChI=1S/C8H13N5S/c1-4-8(3,9)6-12-13-5(2)10-11-7(13)14-6/h4,9H2,1-3H3. The van der Waals surface area contributed by atoms with Crippen molar-refractivity contribution < 1.29 is 0 Å². The first-order chi connectivity index (χ1) is 6.54. The fourth-order valence-electron chi connectivity index (χ4n) is 1.10. The molecule has 0 bridgehead atoms. The topological polar surface area (TPSA) is 69.1 Å². The Bertz CT molecular complexity index is 455. The second kappa shape index (κ2) is 2.99. The Hall–Kier alpha value is -1.01. The highest BCUT2D eigenvalue weighted by molar-refractivity contribution is 7.16. The molecule has 2 rings (SSSR count). The lowest BCUT2D eigenvalue weighted by Crippen LogP contribution is -2.31. The summed E-state index contributed by atoms with van der Waals surface area (Å²) in [6, 6.07) is 0. The van der Waals surface area contributed by atoms with Crippen LogP contribution in [0.15, 0.2) is 0 Å². The van der Waals surface area contributed by atoms with E-state index in [0.29, 0.717) is 0 Å². The lowest BCUT2D eigenvalue weighted by molar-refractivity contribution is 0.467. The largest absolute Gasteiger partial charge is 0.320 e. The first-order valence-electron chi connectivity index (χ1n) is 4.53. The SMILES string of the molecule is CCC(C)(N)c1nn2c(C)nnc2s1. The average Bonchev–Trinajstić information content (AvgIpc) is 2.69. The van der Waals surface area contributed by atoms with Gasteiger partial charge in [0, 0.05) is 0 Å². The molecule has 0 amide bonds. The fourth-order valence-corrected chi connectivity index (χ4v) is 2.11. The van der Waals surface area contributed by atoms with Crippen molar-refractivity contribution in [1.29, 1.82) is 0 Å². The van der Waals surface area contributed by atoms with E-state index in [-0.39, 0.29) is 5.54 Å². The van der Waals surface area contributed by atoms with Crippen LogP contribution in [-0.2, 0) is 5.54 Å². The third-order valence-corrected chi connectivity index (χ3v) is 3.55. The highest BCUT2D eigenvalue weighted by Gasteiger charge is 2.24. The van der Waals surface area contributed by atoms with E-state index < -0.39 is 0 Å². The number of rotatable bonds is 2. The van der Waals surface area contributed by atoms with Gasteiger partial charge >= 0.3 is 0 Å². The van der Waals surface area contributed by atoms with Gasteiger partial charge in [0.15, 0.2) is 5.82 Å². The molecule has 0 aliphatic heterocycles. The van der Waals surface area contributed by atoms with E-state index in [9.17, 15) is 0 Å². The van der Waals surface area contributed by atoms with Crippen LogP contribution in [0.5, 0.6) is 0 Å². The van der Waals surface area contributed by atoms with Crippen LogP contribution in [0, 0.1) is 6.92 Å². The third-order valence-electron chi connectivity index (χ3n) is 2.37. The van der Waals surface area contributed by atoms with E-state index in [2.05, 4.69) is 22.2 Å². The Morgan fingerprint density at radius 1 is 1.50 bits per heavy atom. The van der Waals surface area contributed by atoms with Gasteiger partial charge in [-0.15, -0.1) is 10.2 Å². The second-order valence-corrected chi connectivity index (χ2v) is 4.58. The van der Waals surface area contributed by atoms with Crippen LogP contribution in [-0.4, -0.2) is 19.8 Å². The molecule has 0 saturated heterocycles. The van der Waals surface area contributed by atoms with Gasteiger partial charge < -0.3 is 5.73 Å². The molecule has 2 aromatic heterocycles. The van der Waals surface area contributed by atoms with Crippen molar-refractivity contribution in [2.45, 2.75) is 32.7 Å². The number of hydrogen-bond donors (Lipinski definition) is 1. The number of nitrogens with two attached hydrogens (primary N) is 1. The molecule has 0 saturated carbocycles. The molecule has 14 heavy (non-hydrogen) atoms. The van der Waals surface area contributed by atoms with Crippen molar-refractivity contribution in [2.75, 3.05) is 0 Å². The lowest BCUT2D eigenvalue weighted by Gasteiger charge is -2.18. The summed E-state index contributed by atoms with van der Waals surface area (Å²) in [5.74, 6) is 0.800. The number of nitrogens with zero attached hydrogens (tertiary/aromatic N) is 4. The van der Waals surface area contributed by atoms with Crippen LogP contribution in [0.25, 0.3) is 4.96 Å². The van der Waals surface area contributed by atoms with Crippen LogP contribution in [0.3, 0.4) is 0 Å². The predicted molar refractivity (Wildman–Crippen MR) is 55.2 cm³/mol. The van der Waals surface area contributed by atoms with E-state index in [1.165, 1.54) is 11.3 Å². The van der Waals surface area contributed by atoms with Gasteiger partial charge in [-0.3, -0.25) is 0 Å². The quantitative estimate of drug-likeness (QED) is 0.807. The highest BCUT2D eigenvalue weighted by atomic mass is 32.1. The van der Waals surface area contributed by atoms with Crippen molar-refractivity contribution in [3.63, 3.8) is 0 Å². The van der Waals surface area contributed by atoms with E-state index in [1.54, 1.807) is 4.52 Å². The molecule has 2 heterocycles. The normalized spacial score (nSPS) is 16.0. The molecular formula is C8H13N5S. The maximum Gasteiger partial charge on any atom is 0.234 e. The van der Waals surface area contributed by atoms with E-state index in [0.717, 1.165) is 22.2 Å². The molecule has 0 aliphatic rings. The number of fused-ring (bicyclic) bond motifs is 1. The molecule has 6 heteroatoms. The maximum atomic E-state index is 6.10. The van der Waals surface area contributed by atoms with Gasteiger partial charge in [0.2, 0.25) is 4.96 Å². The van der Waals surface area contributed by atoms with Crippen molar-refractivity contribution >= 4 is 16.3 Å². The van der Waals surface area contributed by atoms with Crippen molar-refractivity contribution in [3.8, 4) is 0 Å². The molecule has 2 N–H and O–H groups in total. The minimum Gasteiger partial charge on any atom is -0.320 e. The van der Waals surface area contributed by atoms with Gasteiger partial charge in [0.05, 0.1) is 5.54 Å². The molecular weight excluding hydrogens is 198 g/mol. The number of aryl methyl sites for hydroxylation is 1. The Kier molecular flexibility index (Phi) is 2.04. The van der Waals surface area contributed by atoms with Gasteiger partial charge in [-0.1, -0.05) is 18.3 Å². The Labute approximate surface area is 86.0 Å². The highest BCUT2D eigenvalue weighted by Crippen LogP contribution is 2.25. The van der Waals surface area contributed by atoms with Crippen molar-refractivity contribution in [1.82, 2.24) is 19.8 Å². The lowest BCUT2D eigenvalue weighted by atomic mass is 10.0. The van der Waals surface area contributed by atoms with E-state index >= 15 is 0 Å².